The molecule has 6 heteroatoms. The van der Waals surface area contributed by atoms with E-state index < -0.39 is 0 Å². The number of carbonyl (C=O) groups is 1. The number of hydrogen-bond acceptors (Lipinski definition) is 5. The lowest BCUT2D eigenvalue weighted by Crippen LogP contribution is -2.47. The fourth-order valence-corrected chi connectivity index (χ4v) is 3.65. The molecule has 1 amide bonds. The molecule has 1 aliphatic heterocycles. The van der Waals surface area contributed by atoms with Crippen molar-refractivity contribution < 1.29 is 4.79 Å². The number of rotatable bonds is 3. The largest absolute Gasteiger partial charge is 0.341 e. The minimum Gasteiger partial charge on any atom is -0.341 e. The number of anilines is 1. The molecule has 2 aliphatic rings. The van der Waals surface area contributed by atoms with E-state index in [-0.39, 0.29) is 18.5 Å². The van der Waals surface area contributed by atoms with Gasteiger partial charge in [0.2, 0.25) is 11.9 Å². The van der Waals surface area contributed by atoms with Crippen molar-refractivity contribution >= 4 is 11.9 Å². The van der Waals surface area contributed by atoms with Gasteiger partial charge in [-0.1, -0.05) is 12.8 Å². The Labute approximate surface area is 124 Å². The number of fused-ring (bicyclic) bond motifs is 1. The molecule has 0 radical (unpaired) electrons. The molecule has 1 saturated heterocycles. The molecule has 1 saturated carbocycles. The van der Waals surface area contributed by atoms with Crippen LogP contribution in [0.5, 0.6) is 0 Å². The van der Waals surface area contributed by atoms with Crippen LogP contribution in [0.2, 0.25) is 0 Å². The SMILES string of the molecule is N#CCNC(=O)[C@@H]1C[C@@H]2CCCC[C@@H]2N1c1ncccn1. The average molecular weight is 285 g/mol. The first-order valence-corrected chi connectivity index (χ1v) is 7.51. The summed E-state index contributed by atoms with van der Waals surface area (Å²) in [5.74, 6) is 1.07. The third-order valence-corrected chi connectivity index (χ3v) is 4.52. The highest BCUT2D eigenvalue weighted by molar-refractivity contribution is 5.85. The maximum absolute atomic E-state index is 12.4. The normalized spacial score (nSPS) is 27.8. The lowest BCUT2D eigenvalue weighted by Gasteiger charge is -2.33. The number of nitrogens with one attached hydrogen (secondary N) is 1. The van der Waals surface area contributed by atoms with Gasteiger partial charge in [-0.2, -0.15) is 5.26 Å². The maximum Gasteiger partial charge on any atom is 0.243 e. The van der Waals surface area contributed by atoms with Crippen LogP contribution in [0.15, 0.2) is 18.5 Å². The van der Waals surface area contributed by atoms with Crippen LogP contribution in [-0.2, 0) is 4.79 Å². The summed E-state index contributed by atoms with van der Waals surface area (Å²) in [6, 6.07) is 3.83. The predicted octanol–water partition coefficient (Wildman–Crippen LogP) is 1.25. The van der Waals surface area contributed by atoms with Gasteiger partial charge in [-0.15, -0.1) is 0 Å². The summed E-state index contributed by atoms with van der Waals surface area (Å²) >= 11 is 0. The molecule has 110 valence electrons. The van der Waals surface area contributed by atoms with Crippen LogP contribution >= 0.6 is 0 Å². The second-order valence-corrected chi connectivity index (χ2v) is 5.70. The minimum atomic E-state index is -0.256. The van der Waals surface area contributed by atoms with Crippen molar-refractivity contribution in [3.8, 4) is 6.07 Å². The van der Waals surface area contributed by atoms with Crippen LogP contribution in [0.4, 0.5) is 5.95 Å². The Kier molecular flexibility index (Phi) is 4.00. The molecule has 1 aromatic rings. The molecule has 21 heavy (non-hydrogen) atoms. The van der Waals surface area contributed by atoms with E-state index in [2.05, 4.69) is 20.2 Å². The number of amides is 1. The Balaban J connectivity index is 1.86. The molecule has 2 heterocycles. The molecule has 0 unspecified atom stereocenters. The summed E-state index contributed by atoms with van der Waals surface area (Å²) in [6.07, 6.45) is 8.93. The van der Waals surface area contributed by atoms with Gasteiger partial charge in [0.25, 0.3) is 0 Å². The van der Waals surface area contributed by atoms with Gasteiger partial charge in [-0.3, -0.25) is 4.79 Å². The van der Waals surface area contributed by atoms with E-state index in [9.17, 15) is 4.79 Å². The molecule has 0 spiro atoms. The topological polar surface area (TPSA) is 81.9 Å². The van der Waals surface area contributed by atoms with Crippen molar-refractivity contribution in [1.82, 2.24) is 15.3 Å². The van der Waals surface area contributed by atoms with E-state index in [0.29, 0.717) is 17.9 Å². The maximum atomic E-state index is 12.4. The number of carbonyl (C=O) groups excluding carboxylic acids is 1. The second kappa shape index (κ2) is 6.08. The third-order valence-electron chi connectivity index (χ3n) is 4.52. The van der Waals surface area contributed by atoms with E-state index >= 15 is 0 Å². The van der Waals surface area contributed by atoms with Crippen LogP contribution in [0.25, 0.3) is 0 Å². The van der Waals surface area contributed by atoms with Gasteiger partial charge in [0.15, 0.2) is 0 Å². The van der Waals surface area contributed by atoms with E-state index in [1.165, 1.54) is 12.8 Å². The smallest absolute Gasteiger partial charge is 0.243 e. The van der Waals surface area contributed by atoms with Crippen molar-refractivity contribution in [3.05, 3.63) is 18.5 Å². The lowest BCUT2D eigenvalue weighted by molar-refractivity contribution is -0.122. The van der Waals surface area contributed by atoms with Crippen molar-refractivity contribution in [2.45, 2.75) is 44.2 Å². The molecule has 1 aliphatic carbocycles. The Morgan fingerprint density at radius 1 is 1.38 bits per heavy atom. The highest BCUT2D eigenvalue weighted by Crippen LogP contribution is 2.41. The molecule has 0 aromatic carbocycles. The summed E-state index contributed by atoms with van der Waals surface area (Å²) in [7, 11) is 0. The van der Waals surface area contributed by atoms with Gasteiger partial charge in [0.05, 0.1) is 6.07 Å². The van der Waals surface area contributed by atoms with Crippen molar-refractivity contribution in [2.75, 3.05) is 11.4 Å². The highest BCUT2D eigenvalue weighted by Gasteiger charge is 2.46. The molecular formula is C15H19N5O. The Hall–Kier alpha value is -2.16. The molecule has 1 aromatic heterocycles. The van der Waals surface area contributed by atoms with Crippen LogP contribution in [0, 0.1) is 17.2 Å². The van der Waals surface area contributed by atoms with Gasteiger partial charge in [-0.05, 0) is 31.2 Å². The van der Waals surface area contributed by atoms with E-state index in [4.69, 9.17) is 5.26 Å². The standard InChI is InChI=1S/C15H19N5O/c16-6-9-17-14(21)13-10-11-4-1-2-5-12(11)20(13)15-18-7-3-8-19-15/h3,7-8,11-13H,1-2,4-5,9-10H2,(H,17,21)/t11-,12-,13-/m0/s1. The number of nitrogens with zero attached hydrogens (tertiary/aromatic N) is 4. The quantitative estimate of drug-likeness (QED) is 0.845. The van der Waals surface area contributed by atoms with E-state index in [1.807, 2.05) is 6.07 Å². The van der Waals surface area contributed by atoms with Crippen molar-refractivity contribution in [3.63, 3.8) is 0 Å². The molecule has 2 fully saturated rings. The first kappa shape index (κ1) is 13.8. The third kappa shape index (κ3) is 2.68. The van der Waals surface area contributed by atoms with Gasteiger partial charge in [0, 0.05) is 18.4 Å². The molecule has 3 rings (SSSR count). The summed E-state index contributed by atoms with van der Waals surface area (Å²) in [5.41, 5.74) is 0. The predicted molar refractivity (Wildman–Crippen MR) is 77.3 cm³/mol. The molecular weight excluding hydrogens is 266 g/mol. The fraction of sp³-hybridized carbons (Fsp3) is 0.600. The van der Waals surface area contributed by atoms with Crippen molar-refractivity contribution in [1.29, 1.82) is 5.26 Å². The van der Waals surface area contributed by atoms with E-state index in [0.717, 1.165) is 19.3 Å². The van der Waals surface area contributed by atoms with Gasteiger partial charge in [-0.25, -0.2) is 9.97 Å². The van der Waals surface area contributed by atoms with Gasteiger partial charge in [0.1, 0.15) is 12.6 Å². The first-order chi connectivity index (χ1) is 10.3. The minimum absolute atomic E-state index is 0.0498. The number of hydrogen-bond donors (Lipinski definition) is 1. The van der Waals surface area contributed by atoms with Crippen LogP contribution < -0.4 is 10.2 Å². The van der Waals surface area contributed by atoms with Crippen LogP contribution in [0.1, 0.15) is 32.1 Å². The monoisotopic (exact) mass is 285 g/mol. The Bertz CT molecular complexity index is 541. The molecule has 6 nitrogen and oxygen atoms in total. The number of nitriles is 1. The first-order valence-electron chi connectivity index (χ1n) is 7.51. The van der Waals surface area contributed by atoms with Crippen molar-refractivity contribution in [2.24, 2.45) is 5.92 Å². The van der Waals surface area contributed by atoms with Crippen LogP contribution in [-0.4, -0.2) is 34.5 Å². The zero-order chi connectivity index (χ0) is 14.7. The fourth-order valence-electron chi connectivity index (χ4n) is 3.65. The molecule has 0 bridgehead atoms. The van der Waals surface area contributed by atoms with Crippen LogP contribution in [0.3, 0.4) is 0 Å². The molecule has 3 atom stereocenters. The summed E-state index contributed by atoms with van der Waals surface area (Å²) in [6.45, 7) is 0.0498. The van der Waals surface area contributed by atoms with E-state index in [1.54, 1.807) is 18.5 Å². The Morgan fingerprint density at radius 2 is 2.14 bits per heavy atom. The summed E-state index contributed by atoms with van der Waals surface area (Å²) in [4.78, 5) is 23.1. The summed E-state index contributed by atoms with van der Waals surface area (Å²) < 4.78 is 0. The van der Waals surface area contributed by atoms with Gasteiger partial charge >= 0.3 is 0 Å². The molecule has 1 N–H and O–H groups in total. The lowest BCUT2D eigenvalue weighted by atomic mass is 9.85. The highest BCUT2D eigenvalue weighted by atomic mass is 16.2. The second-order valence-electron chi connectivity index (χ2n) is 5.70. The average Bonchev–Trinajstić information content (AvgIpc) is 2.93. The van der Waals surface area contributed by atoms with Gasteiger partial charge < -0.3 is 10.2 Å². The summed E-state index contributed by atoms with van der Waals surface area (Å²) in [5, 5.41) is 11.3. The number of aromatic nitrogens is 2. The zero-order valence-electron chi connectivity index (χ0n) is 11.9. The zero-order valence-corrected chi connectivity index (χ0v) is 11.9. The Morgan fingerprint density at radius 3 is 2.90 bits per heavy atom.